The highest BCUT2D eigenvalue weighted by molar-refractivity contribution is 5.89. The third-order valence-corrected chi connectivity index (χ3v) is 4.59. The van der Waals surface area contributed by atoms with Gasteiger partial charge < -0.3 is 10.5 Å². The minimum atomic E-state index is -0.728. The van der Waals surface area contributed by atoms with Crippen LogP contribution in [0, 0.1) is 17.1 Å². The Hall–Kier alpha value is -2.13. The molecular weight excluding hydrogens is 285 g/mol. The largest absolute Gasteiger partial charge is 0.443 e. The van der Waals surface area contributed by atoms with Crippen molar-refractivity contribution >= 4 is 11.8 Å². The highest BCUT2D eigenvalue weighted by Gasteiger charge is 2.39. The minimum absolute atomic E-state index is 0.236. The fraction of sp³-hybridized carbons (Fsp3) is 0.500. The molecular formula is C16H18FN3O2. The number of nitriles is 1. The number of halogens is 1. The molecule has 0 spiro atoms. The number of nitrogens with zero attached hydrogens (tertiary/aromatic N) is 2. The number of hydrogen-bond donors (Lipinski definition) is 1. The first-order valence-electron chi connectivity index (χ1n) is 7.49. The van der Waals surface area contributed by atoms with Crippen molar-refractivity contribution in [2.45, 2.75) is 37.2 Å². The van der Waals surface area contributed by atoms with Crippen LogP contribution in [-0.4, -0.2) is 25.3 Å². The van der Waals surface area contributed by atoms with Gasteiger partial charge in [-0.05, 0) is 25.0 Å². The van der Waals surface area contributed by atoms with Crippen LogP contribution in [0.25, 0.3) is 0 Å². The second-order valence-electron chi connectivity index (χ2n) is 5.92. The summed E-state index contributed by atoms with van der Waals surface area (Å²) in [4.78, 5) is 13.2. The van der Waals surface area contributed by atoms with Gasteiger partial charge in [0.15, 0.2) is 0 Å². The lowest BCUT2D eigenvalue weighted by molar-refractivity contribution is 0.145. The molecule has 2 fully saturated rings. The molecule has 1 aliphatic carbocycles. The van der Waals surface area contributed by atoms with Crippen molar-refractivity contribution in [3.63, 3.8) is 0 Å². The Morgan fingerprint density at radius 2 is 2.18 bits per heavy atom. The summed E-state index contributed by atoms with van der Waals surface area (Å²) in [6, 6.07) is 6.90. The summed E-state index contributed by atoms with van der Waals surface area (Å²) in [5.41, 5.74) is 5.63. The Labute approximate surface area is 128 Å². The van der Waals surface area contributed by atoms with Crippen LogP contribution in [-0.2, 0) is 10.2 Å². The lowest BCUT2D eigenvalue weighted by atomic mass is 9.80. The summed E-state index contributed by atoms with van der Waals surface area (Å²) in [6.45, 7) is 0.553. The zero-order chi connectivity index (χ0) is 15.7. The molecule has 1 aliphatic heterocycles. The van der Waals surface area contributed by atoms with Gasteiger partial charge in [0.05, 0.1) is 23.7 Å². The van der Waals surface area contributed by atoms with Crippen LogP contribution in [0.15, 0.2) is 18.2 Å². The molecule has 0 unspecified atom stereocenters. The topological polar surface area (TPSA) is 79.3 Å². The monoisotopic (exact) mass is 303 g/mol. The van der Waals surface area contributed by atoms with Gasteiger partial charge in [-0.2, -0.15) is 5.26 Å². The van der Waals surface area contributed by atoms with E-state index in [1.807, 2.05) is 0 Å². The Morgan fingerprint density at radius 3 is 2.73 bits per heavy atom. The second-order valence-corrected chi connectivity index (χ2v) is 5.92. The van der Waals surface area contributed by atoms with Crippen molar-refractivity contribution in [1.82, 2.24) is 0 Å². The quantitative estimate of drug-likeness (QED) is 0.930. The fourth-order valence-electron chi connectivity index (χ4n) is 3.34. The molecule has 1 saturated carbocycles. The van der Waals surface area contributed by atoms with E-state index in [2.05, 4.69) is 6.07 Å². The Morgan fingerprint density at radius 1 is 1.45 bits per heavy atom. The fourth-order valence-corrected chi connectivity index (χ4v) is 3.34. The lowest BCUT2D eigenvalue weighted by Crippen LogP contribution is -2.28. The summed E-state index contributed by atoms with van der Waals surface area (Å²) >= 11 is 0. The van der Waals surface area contributed by atoms with Crippen LogP contribution in [0.2, 0.25) is 0 Å². The van der Waals surface area contributed by atoms with Crippen molar-refractivity contribution in [3.8, 4) is 6.07 Å². The maximum atomic E-state index is 14.5. The molecule has 1 aromatic carbocycles. The molecule has 1 heterocycles. The lowest BCUT2D eigenvalue weighted by Gasteiger charge is -2.22. The van der Waals surface area contributed by atoms with Crippen LogP contribution in [0.3, 0.4) is 0 Å². The number of nitrogens with two attached hydrogens (primary N) is 1. The second kappa shape index (κ2) is 5.58. The van der Waals surface area contributed by atoms with Crippen LogP contribution >= 0.6 is 0 Å². The van der Waals surface area contributed by atoms with E-state index in [1.54, 1.807) is 12.1 Å². The van der Waals surface area contributed by atoms with Gasteiger partial charge in [0, 0.05) is 12.1 Å². The van der Waals surface area contributed by atoms with E-state index in [1.165, 1.54) is 11.0 Å². The van der Waals surface area contributed by atoms with Gasteiger partial charge in [-0.1, -0.05) is 18.9 Å². The number of anilines is 1. The molecule has 6 heteroatoms. The van der Waals surface area contributed by atoms with E-state index in [0.29, 0.717) is 30.6 Å². The summed E-state index contributed by atoms with van der Waals surface area (Å²) in [6.07, 6.45) is 2.35. The maximum Gasteiger partial charge on any atom is 0.414 e. The van der Waals surface area contributed by atoms with Gasteiger partial charge in [0.1, 0.15) is 11.9 Å². The Bertz CT molecular complexity index is 635. The van der Waals surface area contributed by atoms with Crippen LogP contribution in [0.1, 0.15) is 31.2 Å². The molecule has 22 heavy (non-hydrogen) atoms. The van der Waals surface area contributed by atoms with E-state index in [-0.39, 0.29) is 12.6 Å². The number of ether oxygens (including phenoxy) is 1. The smallest absolute Gasteiger partial charge is 0.414 e. The van der Waals surface area contributed by atoms with Crippen molar-refractivity contribution in [2.24, 2.45) is 5.73 Å². The van der Waals surface area contributed by atoms with Crippen molar-refractivity contribution in [2.75, 3.05) is 18.0 Å². The normalized spacial score (nSPS) is 23.4. The molecule has 1 saturated heterocycles. The number of carbonyl (C=O) groups excluding carboxylic acids is 1. The number of benzene rings is 1. The highest BCUT2D eigenvalue weighted by Crippen LogP contribution is 2.42. The molecule has 1 aromatic rings. The predicted molar refractivity (Wildman–Crippen MR) is 78.8 cm³/mol. The third kappa shape index (κ3) is 2.32. The first-order valence-corrected chi connectivity index (χ1v) is 7.49. The van der Waals surface area contributed by atoms with Crippen LogP contribution < -0.4 is 10.6 Å². The minimum Gasteiger partial charge on any atom is -0.443 e. The predicted octanol–water partition coefficient (Wildman–Crippen LogP) is 2.44. The SMILES string of the molecule is N#CC1(c2ccc(N3C[C@H](CN)OC3=O)cc2F)CCCC1. The average molecular weight is 303 g/mol. The summed E-state index contributed by atoms with van der Waals surface area (Å²) in [5.74, 6) is -0.440. The third-order valence-electron chi connectivity index (χ3n) is 4.59. The molecule has 2 N–H and O–H groups in total. The summed E-state index contributed by atoms with van der Waals surface area (Å²) in [7, 11) is 0. The van der Waals surface area contributed by atoms with Gasteiger partial charge in [-0.25, -0.2) is 9.18 Å². The van der Waals surface area contributed by atoms with E-state index < -0.39 is 17.3 Å². The number of rotatable bonds is 3. The van der Waals surface area contributed by atoms with Crippen LogP contribution in [0.4, 0.5) is 14.9 Å². The Balaban J connectivity index is 1.90. The molecule has 3 rings (SSSR count). The summed E-state index contributed by atoms with van der Waals surface area (Å²) < 4.78 is 19.6. The molecule has 2 aliphatic rings. The number of hydrogen-bond acceptors (Lipinski definition) is 4. The molecule has 5 nitrogen and oxygen atoms in total. The zero-order valence-electron chi connectivity index (χ0n) is 12.2. The number of cyclic esters (lactones) is 1. The first kappa shape index (κ1) is 14.8. The van der Waals surface area contributed by atoms with E-state index in [9.17, 15) is 14.4 Å². The number of amides is 1. The van der Waals surface area contributed by atoms with Gasteiger partial charge >= 0.3 is 6.09 Å². The molecule has 0 aromatic heterocycles. The van der Waals surface area contributed by atoms with Crippen molar-refractivity contribution in [3.05, 3.63) is 29.6 Å². The molecule has 1 atom stereocenters. The van der Waals surface area contributed by atoms with E-state index in [0.717, 1.165) is 12.8 Å². The van der Waals surface area contributed by atoms with Gasteiger partial charge in [0.2, 0.25) is 0 Å². The van der Waals surface area contributed by atoms with Crippen LogP contribution in [0.5, 0.6) is 0 Å². The Kier molecular flexibility index (Phi) is 3.75. The zero-order valence-corrected chi connectivity index (χ0v) is 12.2. The molecule has 116 valence electrons. The van der Waals surface area contributed by atoms with Gasteiger partial charge in [0.25, 0.3) is 0 Å². The summed E-state index contributed by atoms with van der Waals surface area (Å²) in [5, 5.41) is 9.47. The maximum absolute atomic E-state index is 14.5. The molecule has 0 bridgehead atoms. The molecule has 1 amide bonds. The van der Waals surface area contributed by atoms with E-state index in [4.69, 9.17) is 10.5 Å². The standard InChI is InChI=1S/C16H18FN3O2/c17-14-7-11(20-9-12(8-18)22-15(20)21)3-4-13(14)16(10-19)5-1-2-6-16/h3-4,7,12H,1-2,5-6,8-9,18H2/t12-/m0/s1. The van der Waals surface area contributed by atoms with Gasteiger partial charge in [-0.3, -0.25) is 4.90 Å². The first-order chi connectivity index (χ1) is 10.6. The molecule has 0 radical (unpaired) electrons. The highest BCUT2D eigenvalue weighted by atomic mass is 19.1. The van der Waals surface area contributed by atoms with Crippen molar-refractivity contribution in [1.29, 1.82) is 5.26 Å². The number of carbonyl (C=O) groups is 1. The van der Waals surface area contributed by atoms with E-state index >= 15 is 0 Å². The van der Waals surface area contributed by atoms with Crippen molar-refractivity contribution < 1.29 is 13.9 Å². The average Bonchev–Trinajstić information content (AvgIpc) is 3.14. The van der Waals surface area contributed by atoms with Gasteiger partial charge in [-0.15, -0.1) is 0 Å².